The van der Waals surface area contributed by atoms with Gasteiger partial charge in [0.05, 0.1) is 6.04 Å². The van der Waals surface area contributed by atoms with Crippen molar-refractivity contribution in [3.05, 3.63) is 11.7 Å². The van der Waals surface area contributed by atoms with Gasteiger partial charge in [-0.25, -0.2) is 4.79 Å². The van der Waals surface area contributed by atoms with E-state index in [-0.39, 0.29) is 6.04 Å². The summed E-state index contributed by atoms with van der Waals surface area (Å²) in [6.07, 6.45) is -4.30. The van der Waals surface area contributed by atoms with Gasteiger partial charge in [-0.15, -0.1) is 0 Å². The van der Waals surface area contributed by atoms with Crippen LogP contribution in [0, 0.1) is 0 Å². The molecular weight excluding hydrogens is 243 g/mol. The number of hydrogen-bond acceptors (Lipinski definition) is 5. The van der Waals surface area contributed by atoms with E-state index in [0.717, 1.165) is 6.42 Å². The van der Waals surface area contributed by atoms with E-state index in [2.05, 4.69) is 10.1 Å². The molecule has 0 radical (unpaired) electrons. The lowest BCUT2D eigenvalue weighted by atomic mass is 10.4. The summed E-state index contributed by atoms with van der Waals surface area (Å²) in [4.78, 5) is 12.9. The minimum atomic E-state index is -5.08. The van der Waals surface area contributed by atoms with Crippen LogP contribution in [0.1, 0.15) is 31.6 Å². The number of halogens is 3. The molecule has 0 bridgehead atoms. The summed E-state index contributed by atoms with van der Waals surface area (Å²) in [6.45, 7) is 3.78. The number of carboxylic acids is 1. The summed E-state index contributed by atoms with van der Waals surface area (Å²) in [5.74, 6) is -1.53. The largest absolute Gasteiger partial charge is 0.490 e. The van der Waals surface area contributed by atoms with Crippen molar-refractivity contribution in [2.75, 3.05) is 0 Å². The predicted molar refractivity (Wildman–Crippen MR) is 50.0 cm³/mol. The smallest absolute Gasteiger partial charge is 0.475 e. The van der Waals surface area contributed by atoms with Crippen LogP contribution in [-0.4, -0.2) is 27.4 Å². The molecule has 0 fully saturated rings. The van der Waals surface area contributed by atoms with Crippen LogP contribution in [0.25, 0.3) is 0 Å². The van der Waals surface area contributed by atoms with Crippen LogP contribution < -0.4 is 5.73 Å². The lowest BCUT2D eigenvalue weighted by Gasteiger charge is -1.93. The van der Waals surface area contributed by atoms with Gasteiger partial charge in [0.2, 0.25) is 5.89 Å². The third kappa shape index (κ3) is 5.85. The second-order valence-corrected chi connectivity index (χ2v) is 2.99. The van der Waals surface area contributed by atoms with Gasteiger partial charge in [-0.1, -0.05) is 12.1 Å². The summed E-state index contributed by atoms with van der Waals surface area (Å²) >= 11 is 0. The minimum Gasteiger partial charge on any atom is -0.475 e. The van der Waals surface area contributed by atoms with Gasteiger partial charge in [0.25, 0.3) is 0 Å². The number of nitrogens with zero attached hydrogens (tertiary/aromatic N) is 2. The van der Waals surface area contributed by atoms with Crippen molar-refractivity contribution < 1.29 is 27.6 Å². The van der Waals surface area contributed by atoms with Crippen LogP contribution in [0.15, 0.2) is 4.52 Å². The standard InChI is InChI=1S/C6H11N3O.C2HF3O2/c1-3-5-8-6(4(2)7)10-9-5;3-2(4,5)1(6)7/h4H,3,7H2,1-2H3;(H,6,7). The second-order valence-electron chi connectivity index (χ2n) is 2.99. The fourth-order valence-corrected chi connectivity index (χ4v) is 0.596. The molecule has 0 saturated heterocycles. The lowest BCUT2D eigenvalue weighted by molar-refractivity contribution is -0.192. The molecule has 1 atom stereocenters. The highest BCUT2D eigenvalue weighted by Crippen LogP contribution is 2.13. The number of nitrogens with two attached hydrogens (primary N) is 1. The van der Waals surface area contributed by atoms with Gasteiger partial charge in [0, 0.05) is 6.42 Å². The van der Waals surface area contributed by atoms with E-state index >= 15 is 0 Å². The number of carboxylic acid groups (broad SMARTS) is 1. The number of aromatic nitrogens is 2. The van der Waals surface area contributed by atoms with Crippen molar-refractivity contribution >= 4 is 5.97 Å². The highest BCUT2D eigenvalue weighted by molar-refractivity contribution is 5.73. The first-order chi connectivity index (χ1) is 7.68. The molecule has 0 aliphatic carbocycles. The SMILES string of the molecule is CCc1noc(C(C)N)n1.O=C(O)C(F)(F)F. The van der Waals surface area contributed by atoms with Gasteiger partial charge >= 0.3 is 12.1 Å². The van der Waals surface area contributed by atoms with Crippen molar-refractivity contribution in [2.45, 2.75) is 32.5 Å². The Bertz CT molecular complexity index is 362. The van der Waals surface area contributed by atoms with Crippen molar-refractivity contribution in [3.8, 4) is 0 Å². The molecule has 98 valence electrons. The van der Waals surface area contributed by atoms with Gasteiger partial charge in [-0.05, 0) is 6.92 Å². The zero-order valence-electron chi connectivity index (χ0n) is 9.15. The fourth-order valence-electron chi connectivity index (χ4n) is 0.596. The van der Waals surface area contributed by atoms with Crippen molar-refractivity contribution in [1.82, 2.24) is 10.1 Å². The van der Waals surface area contributed by atoms with Crippen LogP contribution in [0.2, 0.25) is 0 Å². The van der Waals surface area contributed by atoms with Crippen molar-refractivity contribution in [2.24, 2.45) is 5.73 Å². The van der Waals surface area contributed by atoms with Gasteiger partial charge in [0.1, 0.15) is 0 Å². The third-order valence-corrected chi connectivity index (χ3v) is 1.43. The molecule has 0 saturated carbocycles. The Morgan fingerprint density at radius 2 is 2.06 bits per heavy atom. The number of hydrogen-bond donors (Lipinski definition) is 2. The average Bonchev–Trinajstić information content (AvgIpc) is 2.65. The molecule has 6 nitrogen and oxygen atoms in total. The maximum absolute atomic E-state index is 10.6. The molecule has 17 heavy (non-hydrogen) atoms. The zero-order chi connectivity index (χ0) is 13.6. The lowest BCUT2D eigenvalue weighted by Crippen LogP contribution is -2.21. The Labute approximate surface area is 94.6 Å². The summed E-state index contributed by atoms with van der Waals surface area (Å²) in [5.41, 5.74) is 5.49. The van der Waals surface area contributed by atoms with E-state index in [9.17, 15) is 13.2 Å². The van der Waals surface area contributed by atoms with E-state index in [4.69, 9.17) is 20.2 Å². The highest BCUT2D eigenvalue weighted by Gasteiger charge is 2.38. The molecule has 1 heterocycles. The zero-order valence-corrected chi connectivity index (χ0v) is 9.15. The van der Waals surface area contributed by atoms with E-state index in [1.165, 1.54) is 0 Å². The van der Waals surface area contributed by atoms with Crippen LogP contribution in [-0.2, 0) is 11.2 Å². The Morgan fingerprint density at radius 3 is 2.24 bits per heavy atom. The van der Waals surface area contributed by atoms with Crippen LogP contribution >= 0.6 is 0 Å². The molecule has 1 unspecified atom stereocenters. The molecule has 9 heteroatoms. The van der Waals surface area contributed by atoms with Gasteiger partial charge in [-0.2, -0.15) is 18.2 Å². The van der Waals surface area contributed by atoms with Crippen molar-refractivity contribution in [1.29, 1.82) is 0 Å². The molecule has 1 aromatic rings. The maximum Gasteiger partial charge on any atom is 0.490 e. The molecule has 0 amide bonds. The van der Waals surface area contributed by atoms with E-state index in [0.29, 0.717) is 11.7 Å². The molecule has 1 rings (SSSR count). The third-order valence-electron chi connectivity index (χ3n) is 1.43. The van der Waals surface area contributed by atoms with Crippen molar-refractivity contribution in [3.63, 3.8) is 0 Å². The number of rotatable bonds is 2. The average molecular weight is 255 g/mol. The fraction of sp³-hybridized carbons (Fsp3) is 0.625. The summed E-state index contributed by atoms with van der Waals surface area (Å²) < 4.78 is 36.6. The molecule has 3 N–H and O–H groups in total. The highest BCUT2D eigenvalue weighted by atomic mass is 19.4. The molecule has 0 aromatic carbocycles. The van der Waals surface area contributed by atoms with E-state index in [1.54, 1.807) is 0 Å². The van der Waals surface area contributed by atoms with E-state index < -0.39 is 12.1 Å². The minimum absolute atomic E-state index is 0.159. The molecule has 1 aromatic heterocycles. The first-order valence-corrected chi connectivity index (χ1v) is 4.56. The first-order valence-electron chi connectivity index (χ1n) is 4.56. The van der Waals surface area contributed by atoms with Gasteiger partial charge < -0.3 is 15.4 Å². The normalized spacial score (nSPS) is 12.6. The maximum atomic E-state index is 10.6. The van der Waals surface area contributed by atoms with Gasteiger partial charge in [-0.3, -0.25) is 0 Å². The number of alkyl halides is 3. The number of aryl methyl sites for hydroxylation is 1. The Balaban J connectivity index is 0.000000325. The van der Waals surface area contributed by atoms with E-state index in [1.807, 2.05) is 13.8 Å². The monoisotopic (exact) mass is 255 g/mol. The molecular formula is C8H12F3N3O3. The topological polar surface area (TPSA) is 102 Å². The molecule has 0 aliphatic heterocycles. The predicted octanol–water partition coefficient (Wildman–Crippen LogP) is 1.29. The summed E-state index contributed by atoms with van der Waals surface area (Å²) in [7, 11) is 0. The Hall–Kier alpha value is -1.64. The van der Waals surface area contributed by atoms with Crippen LogP contribution in [0.5, 0.6) is 0 Å². The van der Waals surface area contributed by atoms with Crippen LogP contribution in [0.3, 0.4) is 0 Å². The number of carbonyl (C=O) groups is 1. The Morgan fingerprint density at radius 1 is 1.59 bits per heavy atom. The first kappa shape index (κ1) is 15.4. The quantitative estimate of drug-likeness (QED) is 0.825. The summed E-state index contributed by atoms with van der Waals surface area (Å²) in [5, 5.41) is 10.8. The Kier molecular flexibility index (Phi) is 5.59. The van der Waals surface area contributed by atoms with Crippen LogP contribution in [0.4, 0.5) is 13.2 Å². The second kappa shape index (κ2) is 6.18. The number of aliphatic carboxylic acids is 1. The van der Waals surface area contributed by atoms with Gasteiger partial charge in [0.15, 0.2) is 5.82 Å². The molecule has 0 aliphatic rings. The summed E-state index contributed by atoms with van der Waals surface area (Å²) in [6, 6.07) is -0.159. The molecule has 0 spiro atoms.